The highest BCUT2D eigenvalue weighted by Crippen LogP contribution is 2.36. The highest BCUT2D eigenvalue weighted by atomic mass is 28.4. The Kier molecular flexibility index (Phi) is 7.30. The first-order valence-electron chi connectivity index (χ1n) is 8.09. The van der Waals surface area contributed by atoms with Crippen molar-refractivity contribution in [2.24, 2.45) is 0 Å². The van der Waals surface area contributed by atoms with Gasteiger partial charge in [0, 0.05) is 6.61 Å². The Balaban J connectivity index is 2.18. The average Bonchev–Trinajstić information content (AvgIpc) is 2.45. The number of carbonyl (C=O) groups is 1. The summed E-state index contributed by atoms with van der Waals surface area (Å²) in [6.45, 7) is 12.8. The molecule has 124 valence electrons. The second-order valence-electron chi connectivity index (χ2n) is 7.17. The highest BCUT2D eigenvalue weighted by Gasteiger charge is 2.36. The number of hydrogen-bond acceptors (Lipinski definition) is 3. The van der Waals surface area contributed by atoms with Gasteiger partial charge in [-0.05, 0) is 49.5 Å². The van der Waals surface area contributed by atoms with E-state index in [1.54, 1.807) is 6.07 Å². The van der Waals surface area contributed by atoms with Crippen molar-refractivity contribution in [2.45, 2.75) is 58.2 Å². The van der Waals surface area contributed by atoms with Crippen molar-refractivity contribution >= 4 is 14.6 Å². The molecule has 0 atom stereocenters. The molecule has 1 rings (SSSR count). The third-order valence-electron chi connectivity index (χ3n) is 4.36. The van der Waals surface area contributed by atoms with Crippen molar-refractivity contribution in [1.82, 2.24) is 0 Å². The molecule has 1 aromatic carbocycles. The summed E-state index contributed by atoms with van der Waals surface area (Å²) in [6, 6.07) is 7.34. The lowest BCUT2D eigenvalue weighted by atomic mass is 10.2. The number of hydrogen-bond donors (Lipinski definition) is 0. The maximum absolute atomic E-state index is 10.9. The van der Waals surface area contributed by atoms with E-state index in [9.17, 15) is 4.79 Å². The van der Waals surface area contributed by atoms with Gasteiger partial charge in [-0.2, -0.15) is 0 Å². The molecule has 0 heterocycles. The first-order chi connectivity index (χ1) is 10.3. The Morgan fingerprint density at radius 1 is 1.05 bits per heavy atom. The van der Waals surface area contributed by atoms with Crippen LogP contribution >= 0.6 is 0 Å². The van der Waals surface area contributed by atoms with Gasteiger partial charge in [0.15, 0.2) is 14.6 Å². The largest absolute Gasteiger partial charge is 0.493 e. The maximum atomic E-state index is 10.9. The van der Waals surface area contributed by atoms with E-state index in [4.69, 9.17) is 9.16 Å². The van der Waals surface area contributed by atoms with Crippen molar-refractivity contribution in [3.05, 3.63) is 29.8 Å². The summed E-state index contributed by atoms with van der Waals surface area (Å²) in [4.78, 5) is 10.9. The highest BCUT2D eigenvalue weighted by molar-refractivity contribution is 6.74. The van der Waals surface area contributed by atoms with Crippen molar-refractivity contribution < 1.29 is 14.0 Å². The van der Waals surface area contributed by atoms with Crippen LogP contribution in [0.25, 0.3) is 0 Å². The van der Waals surface area contributed by atoms with E-state index in [0.29, 0.717) is 17.9 Å². The Bertz CT molecular complexity index is 464. The van der Waals surface area contributed by atoms with Crippen LogP contribution in [-0.4, -0.2) is 27.8 Å². The van der Waals surface area contributed by atoms with Gasteiger partial charge in [0.1, 0.15) is 5.75 Å². The van der Waals surface area contributed by atoms with E-state index < -0.39 is 8.32 Å². The molecule has 0 N–H and O–H groups in total. The lowest BCUT2D eigenvalue weighted by Crippen LogP contribution is -2.40. The van der Waals surface area contributed by atoms with Gasteiger partial charge in [0.05, 0.1) is 12.2 Å². The maximum Gasteiger partial charge on any atom is 0.191 e. The molecule has 3 nitrogen and oxygen atoms in total. The molecule has 0 aliphatic heterocycles. The summed E-state index contributed by atoms with van der Waals surface area (Å²) in [7, 11) is -1.61. The van der Waals surface area contributed by atoms with Crippen LogP contribution in [0.5, 0.6) is 5.75 Å². The second-order valence-corrected chi connectivity index (χ2v) is 12.0. The van der Waals surface area contributed by atoms with Crippen LogP contribution in [0.4, 0.5) is 0 Å². The molecular weight excluding hydrogens is 292 g/mol. The lowest BCUT2D eigenvalue weighted by Gasteiger charge is -2.36. The molecule has 0 fully saturated rings. The van der Waals surface area contributed by atoms with Crippen LogP contribution in [0.15, 0.2) is 24.3 Å². The zero-order chi connectivity index (χ0) is 16.6. The topological polar surface area (TPSA) is 35.5 Å². The Labute approximate surface area is 136 Å². The number of para-hydroxylation sites is 1. The number of rotatable bonds is 9. The van der Waals surface area contributed by atoms with Crippen LogP contribution in [0.3, 0.4) is 0 Å². The van der Waals surface area contributed by atoms with Gasteiger partial charge in [-0.1, -0.05) is 32.9 Å². The van der Waals surface area contributed by atoms with E-state index >= 15 is 0 Å². The molecule has 22 heavy (non-hydrogen) atoms. The van der Waals surface area contributed by atoms with Crippen LogP contribution in [-0.2, 0) is 4.43 Å². The van der Waals surface area contributed by atoms with E-state index in [0.717, 1.165) is 32.2 Å². The van der Waals surface area contributed by atoms with Crippen molar-refractivity contribution in [1.29, 1.82) is 0 Å². The lowest BCUT2D eigenvalue weighted by molar-refractivity contribution is 0.111. The summed E-state index contributed by atoms with van der Waals surface area (Å²) in [5.74, 6) is 0.676. The summed E-state index contributed by atoms with van der Waals surface area (Å²) in [6.07, 6.45) is 3.96. The Morgan fingerprint density at radius 3 is 2.32 bits per heavy atom. The quantitative estimate of drug-likeness (QED) is 0.362. The molecule has 0 amide bonds. The minimum atomic E-state index is -1.61. The minimum Gasteiger partial charge on any atom is -0.493 e. The molecule has 0 spiro atoms. The normalized spacial score (nSPS) is 12.2. The summed E-state index contributed by atoms with van der Waals surface area (Å²) >= 11 is 0. The smallest absolute Gasteiger partial charge is 0.191 e. The summed E-state index contributed by atoms with van der Waals surface area (Å²) in [5, 5.41) is 0.272. The van der Waals surface area contributed by atoms with Crippen LogP contribution < -0.4 is 4.74 Å². The zero-order valence-electron chi connectivity index (χ0n) is 14.6. The predicted molar refractivity (Wildman–Crippen MR) is 94.3 cm³/mol. The second kappa shape index (κ2) is 8.49. The van der Waals surface area contributed by atoms with E-state index in [-0.39, 0.29) is 5.04 Å². The van der Waals surface area contributed by atoms with E-state index in [1.807, 2.05) is 18.2 Å². The van der Waals surface area contributed by atoms with Gasteiger partial charge in [-0.3, -0.25) is 4.79 Å². The molecule has 0 saturated heterocycles. The SMILES string of the molecule is CC(C)(C)[Si](C)(C)OCCCCCOc1ccccc1C=O. The van der Waals surface area contributed by atoms with E-state index in [1.165, 1.54) is 0 Å². The van der Waals surface area contributed by atoms with Crippen LogP contribution in [0, 0.1) is 0 Å². The van der Waals surface area contributed by atoms with Gasteiger partial charge in [0.25, 0.3) is 0 Å². The fourth-order valence-corrected chi connectivity index (χ4v) is 2.90. The molecule has 0 aliphatic carbocycles. The first kappa shape index (κ1) is 18.9. The number of unbranched alkanes of at least 4 members (excludes halogenated alkanes) is 2. The van der Waals surface area contributed by atoms with Gasteiger partial charge < -0.3 is 9.16 Å². The van der Waals surface area contributed by atoms with Crippen molar-refractivity contribution in [3.63, 3.8) is 0 Å². The predicted octanol–water partition coefficient (Wildman–Crippen LogP) is 5.07. The molecule has 0 aromatic heterocycles. The van der Waals surface area contributed by atoms with Gasteiger partial charge >= 0.3 is 0 Å². The van der Waals surface area contributed by atoms with Crippen molar-refractivity contribution in [2.75, 3.05) is 13.2 Å². The number of carbonyl (C=O) groups excluding carboxylic acids is 1. The molecule has 0 bridgehead atoms. The Morgan fingerprint density at radius 2 is 1.68 bits per heavy atom. The van der Waals surface area contributed by atoms with Crippen LogP contribution in [0.2, 0.25) is 18.1 Å². The standard InChI is InChI=1S/C18H30O3Si/c1-18(2,3)22(4,5)21-14-10-6-9-13-20-17-12-8-7-11-16(17)15-19/h7-8,11-12,15H,6,9-10,13-14H2,1-5H3. The number of aldehydes is 1. The van der Waals surface area contributed by atoms with Gasteiger partial charge in [-0.15, -0.1) is 0 Å². The van der Waals surface area contributed by atoms with E-state index in [2.05, 4.69) is 33.9 Å². The first-order valence-corrected chi connectivity index (χ1v) is 11.0. The molecule has 0 saturated carbocycles. The number of benzene rings is 1. The van der Waals surface area contributed by atoms with Crippen LogP contribution in [0.1, 0.15) is 50.4 Å². The monoisotopic (exact) mass is 322 g/mol. The van der Waals surface area contributed by atoms with Crippen molar-refractivity contribution in [3.8, 4) is 5.75 Å². The third kappa shape index (κ3) is 5.93. The molecule has 0 unspecified atom stereocenters. The van der Waals surface area contributed by atoms with Gasteiger partial charge in [0.2, 0.25) is 0 Å². The Hall–Kier alpha value is -1.13. The fraction of sp³-hybridized carbons (Fsp3) is 0.611. The molecule has 0 aliphatic rings. The average molecular weight is 323 g/mol. The summed E-state index contributed by atoms with van der Waals surface area (Å²) in [5.41, 5.74) is 0.615. The van der Waals surface area contributed by atoms with Gasteiger partial charge in [-0.25, -0.2) is 0 Å². The minimum absolute atomic E-state index is 0.272. The number of ether oxygens (including phenoxy) is 1. The molecule has 1 aromatic rings. The molecule has 0 radical (unpaired) electrons. The fourth-order valence-electron chi connectivity index (χ4n) is 1.82. The third-order valence-corrected chi connectivity index (χ3v) is 8.90. The zero-order valence-corrected chi connectivity index (χ0v) is 15.6. The molecule has 4 heteroatoms. The summed E-state index contributed by atoms with van der Waals surface area (Å²) < 4.78 is 11.8. The molecular formula is C18H30O3Si.